The molecular formula is C12H13FN2O5. The predicted molar refractivity (Wildman–Crippen MR) is 67.0 cm³/mol. The molecule has 20 heavy (non-hydrogen) atoms. The van der Waals surface area contributed by atoms with E-state index in [4.69, 9.17) is 4.74 Å². The highest BCUT2D eigenvalue weighted by molar-refractivity contribution is 5.82. The van der Waals surface area contributed by atoms with Gasteiger partial charge in [-0.3, -0.25) is 10.1 Å². The lowest BCUT2D eigenvalue weighted by molar-refractivity contribution is -0.384. The van der Waals surface area contributed by atoms with Crippen LogP contribution in [0.3, 0.4) is 0 Å². The smallest absolute Gasteiger partial charge is 0.330 e. The van der Waals surface area contributed by atoms with Crippen molar-refractivity contribution in [3.05, 3.63) is 34.1 Å². The molecule has 2 rings (SSSR count). The van der Waals surface area contributed by atoms with Crippen molar-refractivity contribution < 1.29 is 23.6 Å². The lowest BCUT2D eigenvalue weighted by Gasteiger charge is -2.34. The summed E-state index contributed by atoms with van der Waals surface area (Å²) < 4.78 is 23.0. The number of anilines is 1. The van der Waals surface area contributed by atoms with E-state index in [1.165, 1.54) is 18.1 Å². The summed E-state index contributed by atoms with van der Waals surface area (Å²) in [4.78, 5) is 23.6. The van der Waals surface area contributed by atoms with Crippen molar-refractivity contribution in [1.29, 1.82) is 0 Å². The van der Waals surface area contributed by atoms with Crippen LogP contribution in [0, 0.1) is 15.9 Å². The number of ether oxygens (including phenoxy) is 2. The standard InChI is InChI=1S/C12H13FN2O5/c1-19-12(16)11-7-20-5-4-14(11)9-3-2-8(13)6-10(9)15(17)18/h2-3,6,11H,4-5,7H2,1H3. The normalized spacial score (nSPS) is 18.7. The third kappa shape index (κ3) is 2.69. The summed E-state index contributed by atoms with van der Waals surface area (Å²) in [5.41, 5.74) is -0.212. The van der Waals surface area contributed by atoms with Gasteiger partial charge in [0.2, 0.25) is 0 Å². The summed E-state index contributed by atoms with van der Waals surface area (Å²) in [6.07, 6.45) is 0. The molecule has 1 aromatic carbocycles. The fraction of sp³-hybridized carbons (Fsp3) is 0.417. The zero-order valence-corrected chi connectivity index (χ0v) is 10.7. The summed E-state index contributed by atoms with van der Waals surface area (Å²) in [5, 5.41) is 11.0. The van der Waals surface area contributed by atoms with E-state index in [1.54, 1.807) is 0 Å². The molecule has 1 saturated heterocycles. The molecule has 1 atom stereocenters. The second-order valence-corrected chi connectivity index (χ2v) is 4.20. The van der Waals surface area contributed by atoms with Crippen molar-refractivity contribution in [3.8, 4) is 0 Å². The second kappa shape index (κ2) is 5.83. The number of carbonyl (C=O) groups is 1. The van der Waals surface area contributed by atoms with Crippen LogP contribution in [0.1, 0.15) is 0 Å². The number of carbonyl (C=O) groups excluding carboxylic acids is 1. The highest BCUT2D eigenvalue weighted by Gasteiger charge is 2.34. The fourth-order valence-corrected chi connectivity index (χ4v) is 2.11. The van der Waals surface area contributed by atoms with Crippen LogP contribution < -0.4 is 4.90 Å². The summed E-state index contributed by atoms with van der Waals surface area (Å²) in [6, 6.07) is 2.46. The molecule has 0 N–H and O–H groups in total. The van der Waals surface area contributed by atoms with Crippen LogP contribution in [0.25, 0.3) is 0 Å². The van der Waals surface area contributed by atoms with Crippen LogP contribution in [0.5, 0.6) is 0 Å². The van der Waals surface area contributed by atoms with Gasteiger partial charge in [-0.1, -0.05) is 0 Å². The van der Waals surface area contributed by atoms with Crippen molar-refractivity contribution in [2.75, 3.05) is 31.8 Å². The molecule has 0 spiro atoms. The molecule has 0 amide bonds. The van der Waals surface area contributed by atoms with E-state index in [1.807, 2.05) is 0 Å². The molecule has 1 aliphatic rings. The topological polar surface area (TPSA) is 81.9 Å². The number of benzene rings is 1. The van der Waals surface area contributed by atoms with Crippen molar-refractivity contribution in [2.45, 2.75) is 6.04 Å². The molecule has 1 heterocycles. The zero-order chi connectivity index (χ0) is 14.7. The van der Waals surface area contributed by atoms with E-state index in [-0.39, 0.29) is 24.5 Å². The van der Waals surface area contributed by atoms with Crippen LogP contribution >= 0.6 is 0 Å². The molecule has 1 aromatic rings. The Hall–Kier alpha value is -2.22. The maximum absolute atomic E-state index is 13.2. The van der Waals surface area contributed by atoms with Crippen molar-refractivity contribution in [1.82, 2.24) is 0 Å². The van der Waals surface area contributed by atoms with Crippen LogP contribution in [0.2, 0.25) is 0 Å². The number of hydrogen-bond donors (Lipinski definition) is 0. The molecule has 7 nitrogen and oxygen atoms in total. The van der Waals surface area contributed by atoms with Crippen LogP contribution in [-0.2, 0) is 14.3 Å². The quantitative estimate of drug-likeness (QED) is 0.470. The van der Waals surface area contributed by atoms with Gasteiger partial charge in [-0.15, -0.1) is 0 Å². The Bertz CT molecular complexity index is 537. The molecule has 1 unspecified atom stereocenters. The molecule has 0 bridgehead atoms. The first kappa shape index (κ1) is 14.2. The van der Waals surface area contributed by atoms with Gasteiger partial charge in [0.25, 0.3) is 5.69 Å². The maximum atomic E-state index is 13.2. The number of nitro benzene ring substituents is 1. The van der Waals surface area contributed by atoms with E-state index < -0.39 is 22.8 Å². The SMILES string of the molecule is COC(=O)C1COCCN1c1ccc(F)cc1[N+](=O)[O-]. The molecule has 0 radical (unpaired) electrons. The first-order valence-corrected chi connectivity index (χ1v) is 5.90. The third-order valence-electron chi connectivity index (χ3n) is 3.05. The van der Waals surface area contributed by atoms with E-state index >= 15 is 0 Å². The molecule has 8 heteroatoms. The van der Waals surface area contributed by atoms with Crippen LogP contribution in [0.15, 0.2) is 18.2 Å². The lowest BCUT2D eigenvalue weighted by atomic mass is 10.1. The van der Waals surface area contributed by atoms with Gasteiger partial charge in [0, 0.05) is 6.54 Å². The first-order valence-electron chi connectivity index (χ1n) is 5.90. The molecule has 1 fully saturated rings. The third-order valence-corrected chi connectivity index (χ3v) is 3.05. The van der Waals surface area contributed by atoms with E-state index in [0.717, 1.165) is 12.1 Å². The monoisotopic (exact) mass is 284 g/mol. The van der Waals surface area contributed by atoms with E-state index in [9.17, 15) is 19.3 Å². The summed E-state index contributed by atoms with van der Waals surface area (Å²) >= 11 is 0. The highest BCUT2D eigenvalue weighted by Crippen LogP contribution is 2.31. The summed E-state index contributed by atoms with van der Waals surface area (Å²) in [6.45, 7) is 0.676. The average molecular weight is 284 g/mol. The molecule has 0 aliphatic carbocycles. The minimum Gasteiger partial charge on any atom is -0.467 e. The van der Waals surface area contributed by atoms with Crippen LogP contribution in [0.4, 0.5) is 15.8 Å². The minimum atomic E-state index is -0.780. The lowest BCUT2D eigenvalue weighted by Crippen LogP contribution is -2.50. The number of morpholine rings is 1. The van der Waals surface area contributed by atoms with E-state index in [2.05, 4.69) is 4.74 Å². The second-order valence-electron chi connectivity index (χ2n) is 4.20. The van der Waals surface area contributed by atoms with Gasteiger partial charge in [-0.25, -0.2) is 9.18 Å². The molecule has 108 valence electrons. The van der Waals surface area contributed by atoms with Gasteiger partial charge in [0.1, 0.15) is 11.5 Å². The van der Waals surface area contributed by atoms with Crippen molar-refractivity contribution in [2.24, 2.45) is 0 Å². The number of nitro groups is 1. The first-order chi connectivity index (χ1) is 9.54. The summed E-state index contributed by atoms with van der Waals surface area (Å²) in [7, 11) is 1.23. The molecule has 1 aliphatic heterocycles. The predicted octanol–water partition coefficient (Wildman–Crippen LogP) is 1.11. The Labute approximate surface area is 114 Å². The molecule has 0 saturated carbocycles. The number of esters is 1. The van der Waals surface area contributed by atoms with Crippen molar-refractivity contribution in [3.63, 3.8) is 0 Å². The van der Waals surface area contributed by atoms with Gasteiger partial charge in [0.15, 0.2) is 6.04 Å². The molecular weight excluding hydrogens is 271 g/mol. The fourth-order valence-electron chi connectivity index (χ4n) is 2.11. The Kier molecular flexibility index (Phi) is 4.14. The Balaban J connectivity index is 2.42. The summed E-state index contributed by atoms with van der Waals surface area (Å²) in [5.74, 6) is -1.26. The zero-order valence-electron chi connectivity index (χ0n) is 10.7. The largest absolute Gasteiger partial charge is 0.467 e. The van der Waals surface area contributed by atoms with Crippen LogP contribution in [-0.4, -0.2) is 43.8 Å². The van der Waals surface area contributed by atoms with Crippen molar-refractivity contribution >= 4 is 17.3 Å². The number of nitrogens with zero attached hydrogens (tertiary/aromatic N) is 2. The number of halogens is 1. The number of methoxy groups -OCH3 is 1. The minimum absolute atomic E-state index is 0.0706. The highest BCUT2D eigenvalue weighted by atomic mass is 19.1. The van der Waals surface area contributed by atoms with Gasteiger partial charge in [-0.05, 0) is 12.1 Å². The van der Waals surface area contributed by atoms with Gasteiger partial charge in [-0.2, -0.15) is 0 Å². The van der Waals surface area contributed by atoms with Gasteiger partial charge in [0.05, 0.1) is 31.3 Å². The Morgan fingerprint density at radius 1 is 1.60 bits per heavy atom. The number of hydrogen-bond acceptors (Lipinski definition) is 6. The Morgan fingerprint density at radius 3 is 3.00 bits per heavy atom. The maximum Gasteiger partial charge on any atom is 0.330 e. The Morgan fingerprint density at radius 2 is 2.35 bits per heavy atom. The van der Waals surface area contributed by atoms with Gasteiger partial charge < -0.3 is 14.4 Å². The number of rotatable bonds is 3. The molecule has 0 aromatic heterocycles. The van der Waals surface area contributed by atoms with E-state index in [0.29, 0.717) is 6.61 Å². The van der Waals surface area contributed by atoms with Gasteiger partial charge >= 0.3 is 5.97 Å². The average Bonchev–Trinajstić information content (AvgIpc) is 2.46.